The minimum atomic E-state index is -0.644. The van der Waals surface area contributed by atoms with E-state index in [9.17, 15) is 14.4 Å². The molecule has 5 rings (SSSR count). The van der Waals surface area contributed by atoms with Crippen molar-refractivity contribution in [1.82, 2.24) is 19.4 Å². The average molecular weight is 585 g/mol. The number of carbonyl (C=O) groups is 2. The van der Waals surface area contributed by atoms with E-state index in [-0.39, 0.29) is 40.0 Å². The number of amides is 2. The predicted octanol–water partition coefficient (Wildman–Crippen LogP) is 5.16. The van der Waals surface area contributed by atoms with Crippen LogP contribution in [-0.4, -0.2) is 58.0 Å². The second kappa shape index (κ2) is 12.0. The van der Waals surface area contributed by atoms with Crippen molar-refractivity contribution < 1.29 is 14.0 Å². The first-order chi connectivity index (χ1) is 20.4. The molecule has 0 radical (unpaired) electrons. The Kier molecular flexibility index (Phi) is 8.32. The SMILES string of the molecule is CN1CCN(C(=O)c2ccc(Nc3nc(-c4cccc(NC(=O)C5C=CC(C(C)(C)C)=CC5)c4F)cn(C)c3=O)cc2)C1. The molecule has 1 aliphatic carbocycles. The van der Waals surface area contributed by atoms with Crippen molar-refractivity contribution >= 4 is 29.0 Å². The summed E-state index contributed by atoms with van der Waals surface area (Å²) in [6, 6.07) is 11.5. The number of anilines is 3. The molecule has 1 fully saturated rings. The Labute approximate surface area is 250 Å². The number of aryl methyl sites for hydroxylation is 1. The lowest BCUT2D eigenvalue weighted by Gasteiger charge is -2.25. The molecule has 2 heterocycles. The zero-order valence-electron chi connectivity index (χ0n) is 25.1. The number of halogens is 1. The summed E-state index contributed by atoms with van der Waals surface area (Å²) in [6.07, 6.45) is 7.86. The van der Waals surface area contributed by atoms with E-state index in [0.717, 1.165) is 12.1 Å². The highest BCUT2D eigenvalue weighted by Gasteiger charge is 2.25. The molecule has 3 aromatic rings. The van der Waals surface area contributed by atoms with Crippen molar-refractivity contribution in [3.05, 3.63) is 94.2 Å². The highest BCUT2D eigenvalue weighted by atomic mass is 19.1. The molecule has 0 bridgehead atoms. The first kappa shape index (κ1) is 29.9. The largest absolute Gasteiger partial charge is 0.336 e. The summed E-state index contributed by atoms with van der Waals surface area (Å²) in [5.74, 6) is -1.40. The molecule has 1 atom stereocenters. The molecule has 2 N–H and O–H groups in total. The van der Waals surface area contributed by atoms with Crippen molar-refractivity contribution in [2.75, 3.05) is 37.4 Å². The molecule has 1 saturated heterocycles. The first-order valence-electron chi connectivity index (χ1n) is 14.3. The Morgan fingerprint density at radius 3 is 2.42 bits per heavy atom. The summed E-state index contributed by atoms with van der Waals surface area (Å²) < 4.78 is 17.1. The zero-order valence-corrected chi connectivity index (χ0v) is 25.1. The fourth-order valence-corrected chi connectivity index (χ4v) is 5.15. The molecule has 43 heavy (non-hydrogen) atoms. The third-order valence-electron chi connectivity index (χ3n) is 7.75. The van der Waals surface area contributed by atoms with Gasteiger partial charge in [0.05, 0.1) is 24.0 Å². The summed E-state index contributed by atoms with van der Waals surface area (Å²) in [4.78, 5) is 46.9. The second-order valence-corrected chi connectivity index (χ2v) is 12.1. The van der Waals surface area contributed by atoms with Gasteiger partial charge in [-0.05, 0) is 60.9 Å². The van der Waals surface area contributed by atoms with Crippen LogP contribution in [-0.2, 0) is 11.8 Å². The van der Waals surface area contributed by atoms with Crippen molar-refractivity contribution in [1.29, 1.82) is 0 Å². The Morgan fingerprint density at radius 2 is 1.79 bits per heavy atom. The highest BCUT2D eigenvalue weighted by Crippen LogP contribution is 2.32. The lowest BCUT2D eigenvalue weighted by molar-refractivity contribution is -0.118. The maximum atomic E-state index is 15.7. The monoisotopic (exact) mass is 584 g/mol. The third-order valence-corrected chi connectivity index (χ3v) is 7.75. The molecule has 1 aromatic heterocycles. The van der Waals surface area contributed by atoms with E-state index in [1.165, 1.54) is 16.8 Å². The fourth-order valence-electron chi connectivity index (χ4n) is 5.15. The maximum Gasteiger partial charge on any atom is 0.293 e. The van der Waals surface area contributed by atoms with Gasteiger partial charge in [0.15, 0.2) is 11.6 Å². The summed E-state index contributed by atoms with van der Waals surface area (Å²) in [7, 11) is 3.53. The van der Waals surface area contributed by atoms with Gasteiger partial charge in [-0.2, -0.15) is 0 Å². The van der Waals surface area contributed by atoms with Crippen LogP contribution in [0.4, 0.5) is 21.6 Å². The Morgan fingerprint density at radius 1 is 1.05 bits per heavy atom. The second-order valence-electron chi connectivity index (χ2n) is 12.1. The number of rotatable bonds is 6. The van der Waals surface area contributed by atoms with Gasteiger partial charge in [-0.25, -0.2) is 9.37 Å². The number of carbonyl (C=O) groups excluding carboxylic acids is 2. The quantitative estimate of drug-likeness (QED) is 0.415. The first-order valence-corrected chi connectivity index (χ1v) is 14.3. The van der Waals surface area contributed by atoms with Gasteiger partial charge >= 0.3 is 0 Å². The maximum absolute atomic E-state index is 15.7. The number of aromatic nitrogens is 2. The molecular formula is C33H37FN6O3. The van der Waals surface area contributed by atoms with Gasteiger partial charge in [0.25, 0.3) is 11.5 Å². The van der Waals surface area contributed by atoms with Crippen molar-refractivity contribution in [2.45, 2.75) is 27.2 Å². The molecule has 2 amide bonds. The van der Waals surface area contributed by atoms with E-state index in [2.05, 4.69) is 47.4 Å². The predicted molar refractivity (Wildman–Crippen MR) is 167 cm³/mol. The lowest BCUT2D eigenvalue weighted by Crippen LogP contribution is -2.30. The minimum absolute atomic E-state index is 0.00265. The van der Waals surface area contributed by atoms with Gasteiger partial charge < -0.3 is 20.1 Å². The van der Waals surface area contributed by atoms with Crippen molar-refractivity contribution in [3.8, 4) is 11.3 Å². The van der Waals surface area contributed by atoms with Crippen molar-refractivity contribution in [2.24, 2.45) is 18.4 Å². The summed E-state index contributed by atoms with van der Waals surface area (Å²) >= 11 is 0. The van der Waals surface area contributed by atoms with Crippen LogP contribution in [0.3, 0.4) is 0 Å². The Balaban J connectivity index is 1.33. The van der Waals surface area contributed by atoms with Gasteiger partial charge in [0.1, 0.15) is 0 Å². The standard InChI is InChI=1S/C33H37FN6O3/c1-33(2,3)23-13-9-21(10-14-23)30(41)37-26-8-6-7-25(28(26)34)27-19-39(5)32(43)29(36-27)35-24-15-11-22(12-16-24)31(42)40-18-17-38(4)20-40/h6-9,11-16,19,21H,10,17-18,20H2,1-5H3,(H,35,36)(H,37,41). The van der Waals surface area contributed by atoms with Gasteiger partial charge in [-0.3, -0.25) is 19.3 Å². The molecule has 10 heteroatoms. The van der Waals surface area contributed by atoms with E-state index in [4.69, 9.17) is 0 Å². The van der Waals surface area contributed by atoms with E-state index >= 15 is 4.39 Å². The van der Waals surface area contributed by atoms with Crippen LogP contribution in [0.25, 0.3) is 11.3 Å². The fraction of sp³-hybridized carbons (Fsp3) is 0.333. The Bertz CT molecular complexity index is 1670. The highest BCUT2D eigenvalue weighted by molar-refractivity contribution is 5.95. The normalized spacial score (nSPS) is 17.1. The van der Waals surface area contributed by atoms with Gasteiger partial charge in [0, 0.05) is 43.1 Å². The molecule has 2 aliphatic rings. The lowest BCUT2D eigenvalue weighted by atomic mass is 9.81. The van der Waals surface area contributed by atoms with Crippen LogP contribution in [0.15, 0.2) is 77.3 Å². The molecule has 0 spiro atoms. The number of likely N-dealkylation sites (N-methyl/N-ethyl adjacent to an activating group) is 1. The molecular weight excluding hydrogens is 547 g/mol. The molecule has 2 aromatic carbocycles. The van der Waals surface area contributed by atoms with E-state index in [1.54, 1.807) is 48.3 Å². The molecule has 0 saturated carbocycles. The van der Waals surface area contributed by atoms with Crippen LogP contribution in [0.2, 0.25) is 0 Å². The number of benzene rings is 2. The Hall–Kier alpha value is -4.57. The number of hydrogen-bond donors (Lipinski definition) is 2. The third kappa shape index (κ3) is 6.59. The molecule has 1 unspecified atom stereocenters. The van der Waals surface area contributed by atoms with Crippen LogP contribution in [0.1, 0.15) is 37.6 Å². The number of hydrogen-bond acceptors (Lipinski definition) is 6. The minimum Gasteiger partial charge on any atom is -0.336 e. The summed E-state index contributed by atoms with van der Waals surface area (Å²) in [6.45, 7) is 8.45. The van der Waals surface area contributed by atoms with Crippen LogP contribution in [0, 0.1) is 17.2 Å². The number of nitrogens with zero attached hydrogens (tertiary/aromatic N) is 4. The smallest absolute Gasteiger partial charge is 0.293 e. The molecule has 224 valence electrons. The van der Waals surface area contributed by atoms with Gasteiger partial charge in [-0.1, -0.05) is 45.1 Å². The van der Waals surface area contributed by atoms with E-state index < -0.39 is 17.3 Å². The zero-order chi connectivity index (χ0) is 30.9. The average Bonchev–Trinajstić information content (AvgIpc) is 3.42. The summed E-state index contributed by atoms with van der Waals surface area (Å²) in [5, 5.41) is 5.73. The van der Waals surface area contributed by atoms with E-state index in [0.29, 0.717) is 30.9 Å². The van der Waals surface area contributed by atoms with Crippen LogP contribution < -0.4 is 16.2 Å². The summed E-state index contributed by atoms with van der Waals surface area (Å²) in [5.41, 5.74) is 2.25. The number of nitrogens with one attached hydrogen (secondary N) is 2. The molecule has 9 nitrogen and oxygen atoms in total. The van der Waals surface area contributed by atoms with E-state index in [1.807, 2.05) is 19.2 Å². The van der Waals surface area contributed by atoms with Gasteiger partial charge in [0.2, 0.25) is 5.91 Å². The number of allylic oxidation sites excluding steroid dienone is 3. The molecule has 1 aliphatic heterocycles. The topological polar surface area (TPSA) is 99.6 Å². The van der Waals surface area contributed by atoms with Crippen LogP contribution >= 0.6 is 0 Å². The van der Waals surface area contributed by atoms with Crippen molar-refractivity contribution in [3.63, 3.8) is 0 Å². The van der Waals surface area contributed by atoms with Gasteiger partial charge in [-0.15, -0.1) is 0 Å². The van der Waals surface area contributed by atoms with Crippen LogP contribution in [0.5, 0.6) is 0 Å².